The van der Waals surface area contributed by atoms with E-state index in [2.05, 4.69) is 31.9 Å². The molecule has 0 saturated heterocycles. The number of hydrogen-bond acceptors (Lipinski definition) is 6. The van der Waals surface area contributed by atoms with E-state index in [0.29, 0.717) is 16.9 Å². The molecule has 2 aromatic rings. The second-order valence-corrected chi connectivity index (χ2v) is 10.5. The van der Waals surface area contributed by atoms with Gasteiger partial charge in [-0.25, -0.2) is 4.79 Å². The highest BCUT2D eigenvalue weighted by atomic mass is 79.9. The smallest absolute Gasteiger partial charge is 0.328 e. The molecule has 3 amide bonds. The number of carboxylic acid groups (broad SMARTS) is 1. The number of thioether (sulfide) groups is 1. The average Bonchev–Trinajstić information content (AvgIpc) is 3.25. The van der Waals surface area contributed by atoms with Gasteiger partial charge in [0.05, 0.1) is 20.5 Å². The number of benzene rings is 2. The summed E-state index contributed by atoms with van der Waals surface area (Å²) in [6, 6.07) is 7.37. The van der Waals surface area contributed by atoms with Gasteiger partial charge in [-0.15, -0.1) is 11.8 Å². The van der Waals surface area contributed by atoms with E-state index in [4.69, 9.17) is 23.2 Å². The SMILES string of the molecule is O=C(NC[C@H](NC(=O)c1c(Cl)cc(C(=O)NCc2cccc(O)c2)cc1Cl)C(=O)O)C1=C(Br)CCS1. The molecular weight excluding hydrogens is 597 g/mol. The highest BCUT2D eigenvalue weighted by molar-refractivity contribution is 9.11. The predicted octanol–water partition coefficient (Wildman–Crippen LogP) is 3.67. The van der Waals surface area contributed by atoms with Crippen LogP contribution in [0.25, 0.3) is 0 Å². The molecule has 2 aromatic carbocycles. The molecular formula is C23H20BrCl2N3O6S. The van der Waals surface area contributed by atoms with E-state index in [1.807, 2.05) is 0 Å². The Kier molecular flexibility index (Phi) is 9.66. The third-order valence-electron chi connectivity index (χ3n) is 4.99. The molecule has 9 nitrogen and oxygen atoms in total. The van der Waals surface area contributed by atoms with Gasteiger partial charge in [0.2, 0.25) is 0 Å². The molecule has 1 atom stereocenters. The summed E-state index contributed by atoms with van der Waals surface area (Å²) < 4.78 is 0.741. The largest absolute Gasteiger partial charge is 0.508 e. The van der Waals surface area contributed by atoms with Crippen LogP contribution in [0.2, 0.25) is 10.0 Å². The van der Waals surface area contributed by atoms with Crippen molar-refractivity contribution in [1.29, 1.82) is 0 Å². The van der Waals surface area contributed by atoms with Gasteiger partial charge in [-0.05, 0) is 36.2 Å². The van der Waals surface area contributed by atoms with Crippen LogP contribution in [0, 0.1) is 0 Å². The minimum Gasteiger partial charge on any atom is -0.508 e. The van der Waals surface area contributed by atoms with Crippen LogP contribution >= 0.6 is 50.9 Å². The first-order valence-electron chi connectivity index (χ1n) is 10.4. The zero-order valence-electron chi connectivity index (χ0n) is 18.4. The summed E-state index contributed by atoms with van der Waals surface area (Å²) in [7, 11) is 0. The summed E-state index contributed by atoms with van der Waals surface area (Å²) in [6.45, 7) is -0.238. The number of rotatable bonds is 9. The number of carbonyl (C=O) groups is 4. The van der Waals surface area contributed by atoms with E-state index < -0.39 is 29.7 Å². The van der Waals surface area contributed by atoms with Gasteiger partial charge in [-0.1, -0.05) is 51.3 Å². The standard InChI is InChI=1S/C23H20BrCl2N3O6S/c24-14-4-5-36-19(14)22(33)28-10-17(23(34)35)29-21(32)18-15(25)7-12(8-16(18)26)20(31)27-9-11-2-1-3-13(30)6-11/h1-3,6-8,17,30H,4-5,9-10H2,(H,27,31)(H,28,33)(H,29,32)(H,34,35)/t17-/m0/s1. The maximum absolute atomic E-state index is 12.8. The van der Waals surface area contributed by atoms with Crippen molar-refractivity contribution in [3.63, 3.8) is 0 Å². The third kappa shape index (κ3) is 7.16. The topological polar surface area (TPSA) is 145 Å². The number of aromatic hydroxyl groups is 1. The van der Waals surface area contributed by atoms with Gasteiger partial charge in [-0.3, -0.25) is 14.4 Å². The molecule has 0 bridgehead atoms. The summed E-state index contributed by atoms with van der Waals surface area (Å²) in [6.07, 6.45) is 0.702. The van der Waals surface area contributed by atoms with Crippen LogP contribution in [0.5, 0.6) is 5.75 Å². The molecule has 5 N–H and O–H groups in total. The fraction of sp³-hybridized carbons (Fsp3) is 0.217. The molecule has 0 saturated carbocycles. The van der Waals surface area contributed by atoms with Crippen molar-refractivity contribution in [2.45, 2.75) is 19.0 Å². The summed E-state index contributed by atoms with van der Waals surface area (Å²) in [4.78, 5) is 49.7. The molecule has 0 aliphatic carbocycles. The van der Waals surface area contributed by atoms with Crippen LogP contribution in [0.15, 0.2) is 45.8 Å². The van der Waals surface area contributed by atoms with Crippen LogP contribution < -0.4 is 16.0 Å². The van der Waals surface area contributed by atoms with Crippen molar-refractivity contribution >= 4 is 74.6 Å². The van der Waals surface area contributed by atoms with E-state index >= 15 is 0 Å². The normalized spacial score (nSPS) is 13.8. The molecule has 1 aliphatic rings. The Labute approximate surface area is 228 Å². The number of carbonyl (C=O) groups excluding carboxylic acids is 3. The van der Waals surface area contributed by atoms with Crippen molar-refractivity contribution in [1.82, 2.24) is 16.0 Å². The number of amides is 3. The van der Waals surface area contributed by atoms with E-state index in [0.717, 1.165) is 10.2 Å². The number of hydrogen-bond donors (Lipinski definition) is 5. The number of aliphatic carboxylic acids is 1. The third-order valence-corrected chi connectivity index (χ3v) is 7.77. The van der Waals surface area contributed by atoms with Gasteiger partial charge in [-0.2, -0.15) is 0 Å². The van der Waals surface area contributed by atoms with Crippen LogP contribution in [0.1, 0.15) is 32.7 Å². The second-order valence-electron chi connectivity index (χ2n) is 7.57. The Bertz CT molecular complexity index is 1230. The molecule has 0 radical (unpaired) electrons. The fourth-order valence-corrected chi connectivity index (χ4v) is 5.82. The first kappa shape index (κ1) is 27.9. The van der Waals surface area contributed by atoms with Crippen LogP contribution in [0.3, 0.4) is 0 Å². The molecule has 0 fully saturated rings. The van der Waals surface area contributed by atoms with Crippen molar-refractivity contribution in [2.24, 2.45) is 0 Å². The second kappa shape index (κ2) is 12.5. The number of phenols is 1. The molecule has 3 rings (SSSR count). The molecule has 13 heteroatoms. The molecule has 0 aromatic heterocycles. The zero-order chi connectivity index (χ0) is 26.4. The predicted molar refractivity (Wildman–Crippen MR) is 141 cm³/mol. The van der Waals surface area contributed by atoms with Gasteiger partial charge in [0, 0.05) is 28.9 Å². The summed E-state index contributed by atoms with van der Waals surface area (Å²) in [5.74, 6) is -2.42. The molecule has 0 spiro atoms. The Morgan fingerprint density at radius 1 is 1.03 bits per heavy atom. The first-order valence-corrected chi connectivity index (χ1v) is 13.0. The number of allylic oxidation sites excluding steroid dienone is 1. The van der Waals surface area contributed by atoms with Gasteiger partial charge < -0.3 is 26.2 Å². The Hall–Kier alpha value is -2.73. The highest BCUT2D eigenvalue weighted by Gasteiger charge is 2.27. The van der Waals surface area contributed by atoms with Crippen LogP contribution in [0.4, 0.5) is 0 Å². The summed E-state index contributed by atoms with van der Waals surface area (Å²) >= 11 is 17.1. The molecule has 36 heavy (non-hydrogen) atoms. The van der Waals surface area contributed by atoms with Crippen molar-refractivity contribution in [3.05, 3.63) is 72.5 Å². The van der Waals surface area contributed by atoms with Gasteiger partial charge in [0.25, 0.3) is 17.7 Å². The quantitative estimate of drug-likeness (QED) is 0.289. The Morgan fingerprint density at radius 2 is 1.72 bits per heavy atom. The van der Waals surface area contributed by atoms with E-state index in [-0.39, 0.29) is 40.0 Å². The lowest BCUT2D eigenvalue weighted by atomic mass is 10.1. The van der Waals surface area contributed by atoms with Crippen LogP contribution in [-0.4, -0.2) is 52.2 Å². The van der Waals surface area contributed by atoms with Crippen molar-refractivity contribution < 1.29 is 29.4 Å². The number of carboxylic acids is 1. The summed E-state index contributed by atoms with van der Waals surface area (Å²) in [5, 5.41) is 26.1. The van der Waals surface area contributed by atoms with Crippen molar-refractivity contribution in [2.75, 3.05) is 12.3 Å². The maximum Gasteiger partial charge on any atom is 0.328 e. The van der Waals surface area contributed by atoms with E-state index in [9.17, 15) is 29.4 Å². The summed E-state index contributed by atoms with van der Waals surface area (Å²) in [5.41, 5.74) is 0.535. The highest BCUT2D eigenvalue weighted by Crippen LogP contribution is 2.34. The molecule has 1 heterocycles. The zero-order valence-corrected chi connectivity index (χ0v) is 22.4. The molecule has 1 aliphatic heterocycles. The first-order chi connectivity index (χ1) is 17.1. The number of halogens is 3. The van der Waals surface area contributed by atoms with Gasteiger partial charge in [0.15, 0.2) is 0 Å². The number of phenolic OH excluding ortho intramolecular Hbond substituents is 1. The van der Waals surface area contributed by atoms with Gasteiger partial charge >= 0.3 is 5.97 Å². The Balaban J connectivity index is 1.66. The van der Waals surface area contributed by atoms with E-state index in [1.54, 1.807) is 12.1 Å². The lowest BCUT2D eigenvalue weighted by Gasteiger charge is -2.17. The van der Waals surface area contributed by atoms with Crippen LogP contribution in [-0.2, 0) is 16.1 Å². The minimum atomic E-state index is -1.45. The molecule has 0 unspecified atom stereocenters. The van der Waals surface area contributed by atoms with Gasteiger partial charge in [0.1, 0.15) is 11.8 Å². The average molecular weight is 617 g/mol. The lowest BCUT2D eigenvalue weighted by molar-refractivity contribution is -0.139. The lowest BCUT2D eigenvalue weighted by Crippen LogP contribution is -2.48. The van der Waals surface area contributed by atoms with Crippen molar-refractivity contribution in [3.8, 4) is 5.75 Å². The molecule has 190 valence electrons. The minimum absolute atomic E-state index is 0.0600. The number of nitrogens with one attached hydrogen (secondary N) is 3. The maximum atomic E-state index is 12.8. The monoisotopic (exact) mass is 615 g/mol. The van der Waals surface area contributed by atoms with E-state index in [1.165, 1.54) is 36.0 Å². The Morgan fingerprint density at radius 3 is 2.31 bits per heavy atom. The fourth-order valence-electron chi connectivity index (χ4n) is 3.20.